The first-order chi connectivity index (χ1) is 14.5. The monoisotopic (exact) mass is 402 g/mol. The number of fused-ring (bicyclic) bond motifs is 1. The molecule has 0 radical (unpaired) electrons. The van der Waals surface area contributed by atoms with E-state index in [1.807, 2.05) is 37.3 Å². The number of nitrogens with one attached hydrogen (secondary N) is 2. The number of aryl methyl sites for hydroxylation is 2. The summed E-state index contributed by atoms with van der Waals surface area (Å²) in [5, 5.41) is 2.92. The summed E-state index contributed by atoms with van der Waals surface area (Å²) in [6.45, 7) is 2.81. The lowest BCUT2D eigenvalue weighted by atomic mass is 10.1. The molecule has 30 heavy (non-hydrogen) atoms. The summed E-state index contributed by atoms with van der Waals surface area (Å²) in [4.78, 5) is 31.0. The maximum Gasteiger partial charge on any atom is 0.326 e. The van der Waals surface area contributed by atoms with Gasteiger partial charge < -0.3 is 15.0 Å². The van der Waals surface area contributed by atoms with Crippen molar-refractivity contribution in [3.63, 3.8) is 0 Å². The summed E-state index contributed by atoms with van der Waals surface area (Å²) in [6.07, 6.45) is 3.47. The molecule has 1 amide bonds. The topological polar surface area (TPSA) is 89.0 Å². The molecule has 7 heteroatoms. The number of aromatic nitrogens is 3. The van der Waals surface area contributed by atoms with Crippen LogP contribution in [0, 0.1) is 6.92 Å². The summed E-state index contributed by atoms with van der Waals surface area (Å²) in [7, 11) is 1.69. The van der Waals surface area contributed by atoms with Gasteiger partial charge in [0.25, 0.3) is 5.91 Å². The molecule has 0 aliphatic rings. The number of nitrogens with zero attached hydrogens (tertiary/aromatic N) is 2. The third kappa shape index (κ3) is 4.10. The van der Waals surface area contributed by atoms with Crippen molar-refractivity contribution < 1.29 is 9.53 Å². The summed E-state index contributed by atoms with van der Waals surface area (Å²) < 4.78 is 7.45. The number of H-pyrrole nitrogens is 1. The number of hydrogen-bond donors (Lipinski definition) is 2. The largest absolute Gasteiger partial charge is 0.489 e. The van der Waals surface area contributed by atoms with Gasteiger partial charge in [0.2, 0.25) is 0 Å². The van der Waals surface area contributed by atoms with E-state index >= 15 is 0 Å². The van der Waals surface area contributed by atoms with Gasteiger partial charge >= 0.3 is 5.69 Å². The molecule has 7 nitrogen and oxygen atoms in total. The van der Waals surface area contributed by atoms with Crippen LogP contribution in [0.2, 0.25) is 0 Å². The van der Waals surface area contributed by atoms with Crippen LogP contribution >= 0.6 is 0 Å². The highest BCUT2D eigenvalue weighted by molar-refractivity contribution is 5.97. The van der Waals surface area contributed by atoms with Gasteiger partial charge in [0.05, 0.1) is 11.0 Å². The number of pyridine rings is 1. The molecule has 2 heterocycles. The van der Waals surface area contributed by atoms with Crippen LogP contribution in [0.25, 0.3) is 11.0 Å². The Bertz CT molecular complexity index is 1260. The maximum atomic E-state index is 12.6. The van der Waals surface area contributed by atoms with E-state index in [1.165, 1.54) is 4.57 Å². The second kappa shape index (κ2) is 8.24. The predicted octanol–water partition coefficient (Wildman–Crippen LogP) is 3.08. The van der Waals surface area contributed by atoms with Gasteiger partial charge in [0.15, 0.2) is 0 Å². The number of amides is 1. The number of aromatic amines is 1. The molecule has 2 aromatic heterocycles. The number of imidazole rings is 1. The number of ether oxygens (including phenoxy) is 1. The van der Waals surface area contributed by atoms with Gasteiger partial charge in [-0.2, -0.15) is 0 Å². The van der Waals surface area contributed by atoms with Crippen molar-refractivity contribution in [1.29, 1.82) is 0 Å². The molecule has 2 aromatic carbocycles. The van der Waals surface area contributed by atoms with E-state index in [0.29, 0.717) is 24.2 Å². The molecular weight excluding hydrogens is 380 g/mol. The molecule has 4 rings (SSSR count). The SMILES string of the molecule is Cc1ccc(CNC(=O)c2ccc3c(c2)[nH]c(=O)n3C)cc1OCc1ccncc1. The van der Waals surface area contributed by atoms with E-state index in [4.69, 9.17) is 4.74 Å². The van der Waals surface area contributed by atoms with Gasteiger partial charge in [0.1, 0.15) is 12.4 Å². The van der Waals surface area contributed by atoms with E-state index in [1.54, 1.807) is 37.6 Å². The fraction of sp³-hybridized carbons (Fsp3) is 0.174. The normalized spacial score (nSPS) is 10.9. The Hall–Kier alpha value is -3.87. The second-order valence-corrected chi connectivity index (χ2v) is 7.15. The first kappa shape index (κ1) is 19.4. The summed E-state index contributed by atoms with van der Waals surface area (Å²) in [6, 6.07) is 14.9. The van der Waals surface area contributed by atoms with Gasteiger partial charge in [-0.1, -0.05) is 12.1 Å². The minimum Gasteiger partial charge on any atom is -0.489 e. The molecule has 152 valence electrons. The smallest absolute Gasteiger partial charge is 0.326 e. The fourth-order valence-electron chi connectivity index (χ4n) is 3.21. The van der Waals surface area contributed by atoms with Crippen LogP contribution in [0.5, 0.6) is 5.75 Å². The number of benzene rings is 2. The van der Waals surface area contributed by atoms with Gasteiger partial charge in [-0.15, -0.1) is 0 Å². The van der Waals surface area contributed by atoms with Crippen LogP contribution < -0.4 is 15.7 Å². The van der Waals surface area contributed by atoms with Crippen molar-refractivity contribution in [2.45, 2.75) is 20.1 Å². The van der Waals surface area contributed by atoms with E-state index in [2.05, 4.69) is 15.3 Å². The Kier molecular flexibility index (Phi) is 5.34. The lowest BCUT2D eigenvalue weighted by Gasteiger charge is -2.12. The summed E-state index contributed by atoms with van der Waals surface area (Å²) in [5.41, 5.74) is 4.68. The highest BCUT2D eigenvalue weighted by atomic mass is 16.5. The van der Waals surface area contributed by atoms with Crippen molar-refractivity contribution in [3.05, 3.63) is 93.7 Å². The van der Waals surface area contributed by atoms with Gasteiger partial charge in [0, 0.05) is 31.5 Å². The molecule has 0 saturated heterocycles. The van der Waals surface area contributed by atoms with Crippen LogP contribution in [-0.4, -0.2) is 20.4 Å². The van der Waals surface area contributed by atoms with Crippen LogP contribution in [0.15, 0.2) is 65.7 Å². The number of rotatable bonds is 6. The van der Waals surface area contributed by atoms with E-state index < -0.39 is 0 Å². The second-order valence-electron chi connectivity index (χ2n) is 7.15. The van der Waals surface area contributed by atoms with Crippen LogP contribution in [0.1, 0.15) is 27.0 Å². The Morgan fingerprint density at radius 3 is 2.70 bits per heavy atom. The molecule has 0 bridgehead atoms. The predicted molar refractivity (Wildman–Crippen MR) is 114 cm³/mol. The van der Waals surface area contributed by atoms with Gasteiger partial charge in [-0.25, -0.2) is 4.79 Å². The molecular formula is C23H22N4O3. The zero-order chi connectivity index (χ0) is 21.1. The van der Waals surface area contributed by atoms with E-state index in [0.717, 1.165) is 28.0 Å². The van der Waals surface area contributed by atoms with Gasteiger partial charge in [-0.05, 0) is 60.0 Å². The van der Waals surface area contributed by atoms with Crippen molar-refractivity contribution in [2.75, 3.05) is 0 Å². The Morgan fingerprint density at radius 1 is 1.10 bits per heavy atom. The molecule has 4 aromatic rings. The highest BCUT2D eigenvalue weighted by Gasteiger charge is 2.10. The van der Waals surface area contributed by atoms with Crippen LogP contribution in [0.3, 0.4) is 0 Å². The van der Waals surface area contributed by atoms with E-state index in [-0.39, 0.29) is 11.6 Å². The minimum absolute atomic E-state index is 0.207. The molecule has 0 unspecified atom stereocenters. The third-order valence-electron chi connectivity index (χ3n) is 5.02. The zero-order valence-corrected chi connectivity index (χ0v) is 16.8. The molecule has 0 fully saturated rings. The molecule has 0 atom stereocenters. The van der Waals surface area contributed by atoms with Crippen molar-refractivity contribution >= 4 is 16.9 Å². The average molecular weight is 402 g/mol. The molecule has 0 spiro atoms. The van der Waals surface area contributed by atoms with Crippen molar-refractivity contribution in [2.24, 2.45) is 7.05 Å². The standard InChI is InChI=1S/C23H22N4O3/c1-15-3-4-17(11-21(15)30-14-16-7-9-24-10-8-16)13-25-22(28)18-5-6-20-19(12-18)26-23(29)27(20)2/h3-12H,13-14H2,1-2H3,(H,25,28)(H,26,29). The Labute approximate surface area is 173 Å². The summed E-state index contributed by atoms with van der Waals surface area (Å²) >= 11 is 0. The Balaban J connectivity index is 1.43. The number of carbonyl (C=O) groups is 1. The van der Waals surface area contributed by atoms with Gasteiger partial charge in [-0.3, -0.25) is 14.3 Å². The molecule has 0 saturated carbocycles. The minimum atomic E-state index is -0.207. The lowest BCUT2D eigenvalue weighted by Crippen LogP contribution is -2.22. The lowest BCUT2D eigenvalue weighted by molar-refractivity contribution is 0.0951. The Morgan fingerprint density at radius 2 is 1.90 bits per heavy atom. The molecule has 0 aliphatic heterocycles. The first-order valence-corrected chi connectivity index (χ1v) is 9.59. The fourth-order valence-corrected chi connectivity index (χ4v) is 3.21. The van der Waals surface area contributed by atoms with Crippen molar-refractivity contribution in [3.8, 4) is 5.75 Å². The maximum absolute atomic E-state index is 12.6. The number of carbonyl (C=O) groups excluding carboxylic acids is 1. The third-order valence-corrected chi connectivity index (χ3v) is 5.02. The summed E-state index contributed by atoms with van der Waals surface area (Å²) in [5.74, 6) is 0.572. The first-order valence-electron chi connectivity index (χ1n) is 9.59. The number of hydrogen-bond acceptors (Lipinski definition) is 4. The van der Waals surface area contributed by atoms with Crippen molar-refractivity contribution in [1.82, 2.24) is 19.9 Å². The zero-order valence-electron chi connectivity index (χ0n) is 16.8. The average Bonchev–Trinajstić information content (AvgIpc) is 3.05. The quantitative estimate of drug-likeness (QED) is 0.519. The van der Waals surface area contributed by atoms with Crippen LogP contribution in [-0.2, 0) is 20.2 Å². The molecule has 0 aliphatic carbocycles. The van der Waals surface area contributed by atoms with E-state index in [9.17, 15) is 9.59 Å². The molecule has 2 N–H and O–H groups in total. The highest BCUT2D eigenvalue weighted by Crippen LogP contribution is 2.21. The van der Waals surface area contributed by atoms with Crippen LogP contribution in [0.4, 0.5) is 0 Å².